The van der Waals surface area contributed by atoms with Gasteiger partial charge in [-0.3, -0.25) is 9.59 Å². The number of carbonyl (C=O) groups is 4. The number of H-pyrrole nitrogens is 2. The molecule has 0 spiro atoms. The molecule has 0 saturated carbocycles. The van der Waals surface area contributed by atoms with E-state index in [0.717, 1.165) is 65.3 Å². The molecule has 6 aromatic rings. The average Bonchev–Trinajstić information content (AvgIpc) is 4.30. The Morgan fingerprint density at radius 2 is 1.09 bits per heavy atom. The summed E-state index contributed by atoms with van der Waals surface area (Å²) in [5.41, 5.74) is 6.59. The van der Waals surface area contributed by atoms with Crippen LogP contribution in [0.4, 0.5) is 29.7 Å². The normalized spacial score (nSPS) is 21.0. The van der Waals surface area contributed by atoms with Gasteiger partial charge in [0, 0.05) is 31.9 Å². The summed E-state index contributed by atoms with van der Waals surface area (Å²) in [6, 6.07) is 22.7. The number of aromatic amines is 2. The van der Waals surface area contributed by atoms with Crippen LogP contribution < -0.4 is 20.4 Å². The maximum atomic E-state index is 16.9. The van der Waals surface area contributed by atoms with Crippen LogP contribution in [0.2, 0.25) is 0 Å². The monoisotopic (exact) mass is 1040 g/mol. The van der Waals surface area contributed by atoms with E-state index in [1.807, 2.05) is 75.1 Å². The van der Waals surface area contributed by atoms with Crippen LogP contribution in [0.25, 0.3) is 22.1 Å². The molecule has 4 amide bonds. The SMILES string of the molecule is COC(=O)N[C@H](C(=O)N1CCC[C@H]1c1nc2ccc([C@H]3CC[C@H](c4ccc5nc([C@@H]6CCCN6C(=O)[C@@H](NC(=O)OC)C(C)C)[nH]c5c4)N3c3cc(F)c(N4CCC(Cc5ccccc5)CC4)c(F)c3)cc2[nH]1)C(C)C. The average molecular weight is 1040 g/mol. The lowest BCUT2D eigenvalue weighted by Crippen LogP contribution is -2.51. The molecule has 0 radical (unpaired) electrons. The van der Waals surface area contributed by atoms with E-state index in [-0.39, 0.29) is 53.5 Å². The van der Waals surface area contributed by atoms with Gasteiger partial charge in [-0.1, -0.05) is 70.2 Å². The molecular weight excluding hydrogens is 971 g/mol. The molecule has 6 atom stereocenters. The second-order valence-corrected chi connectivity index (χ2v) is 21.8. The molecule has 0 aliphatic carbocycles. The van der Waals surface area contributed by atoms with Crippen molar-refractivity contribution in [1.29, 1.82) is 0 Å². The lowest BCUT2D eigenvalue weighted by Gasteiger charge is -2.36. The van der Waals surface area contributed by atoms with Gasteiger partial charge in [0.2, 0.25) is 11.8 Å². The number of alkyl carbamates (subject to hydrolysis) is 2. The van der Waals surface area contributed by atoms with Crippen molar-refractivity contribution in [1.82, 2.24) is 40.4 Å². The number of hydrogen-bond donors (Lipinski definition) is 4. The van der Waals surface area contributed by atoms with E-state index < -0.39 is 35.9 Å². The first-order chi connectivity index (χ1) is 36.7. The number of methoxy groups -OCH3 is 2. The van der Waals surface area contributed by atoms with Crippen LogP contribution in [-0.2, 0) is 25.5 Å². The number of likely N-dealkylation sites (tertiary alicyclic amines) is 2. The van der Waals surface area contributed by atoms with E-state index >= 15 is 8.78 Å². The molecule has 4 fully saturated rings. The number of fused-ring (bicyclic) bond motifs is 2. The number of ether oxygens (including phenoxy) is 2. The third kappa shape index (κ3) is 10.5. The number of halogens is 2. The topological polar surface area (TPSA) is 181 Å². The first kappa shape index (κ1) is 52.2. The highest BCUT2D eigenvalue weighted by Crippen LogP contribution is 2.49. The fourth-order valence-electron chi connectivity index (χ4n) is 12.3. The molecule has 4 aliphatic rings. The van der Waals surface area contributed by atoms with E-state index in [2.05, 4.69) is 49.8 Å². The van der Waals surface area contributed by atoms with Crippen molar-refractivity contribution in [2.45, 2.75) is 122 Å². The minimum atomic E-state index is -0.767. The number of aromatic nitrogens is 4. The van der Waals surface area contributed by atoms with E-state index in [9.17, 15) is 19.2 Å². The molecule has 4 saturated heterocycles. The summed E-state index contributed by atoms with van der Waals surface area (Å²) in [4.78, 5) is 77.1. The maximum absolute atomic E-state index is 16.9. The Balaban J connectivity index is 0.957. The van der Waals surface area contributed by atoms with E-state index in [4.69, 9.17) is 19.4 Å². The van der Waals surface area contributed by atoms with Crippen molar-refractivity contribution >= 4 is 57.4 Å². The molecule has 0 bridgehead atoms. The first-order valence-electron chi connectivity index (χ1n) is 27.0. The Hall–Kier alpha value is -7.24. The molecule has 18 heteroatoms. The summed E-state index contributed by atoms with van der Waals surface area (Å²) < 4.78 is 43.4. The Morgan fingerprint density at radius 1 is 0.618 bits per heavy atom. The zero-order valence-corrected chi connectivity index (χ0v) is 44.3. The number of amides is 4. The van der Waals surface area contributed by atoms with Gasteiger partial charge >= 0.3 is 12.2 Å². The molecule has 0 unspecified atom stereocenters. The second kappa shape index (κ2) is 22.2. The Labute approximate surface area is 442 Å². The lowest BCUT2D eigenvalue weighted by atomic mass is 9.90. The van der Waals surface area contributed by atoms with Crippen LogP contribution in [0.1, 0.15) is 132 Å². The van der Waals surface area contributed by atoms with Crippen LogP contribution in [0.15, 0.2) is 78.9 Å². The molecule has 76 heavy (non-hydrogen) atoms. The van der Waals surface area contributed by atoms with Gasteiger partial charge in [-0.05, 0) is 129 Å². The minimum Gasteiger partial charge on any atom is -0.453 e. The zero-order chi connectivity index (χ0) is 53.4. The van der Waals surface area contributed by atoms with Crippen molar-refractivity contribution in [3.05, 3.63) is 119 Å². The largest absolute Gasteiger partial charge is 0.453 e. The summed E-state index contributed by atoms with van der Waals surface area (Å²) in [7, 11) is 2.55. The van der Waals surface area contributed by atoms with Crippen molar-refractivity contribution in [2.24, 2.45) is 17.8 Å². The summed E-state index contributed by atoms with van der Waals surface area (Å²) in [6.07, 6.45) is 5.58. The van der Waals surface area contributed by atoms with Crippen LogP contribution in [0.5, 0.6) is 0 Å². The zero-order valence-electron chi connectivity index (χ0n) is 44.3. The van der Waals surface area contributed by atoms with Crippen molar-refractivity contribution in [3.63, 3.8) is 0 Å². The molecule has 16 nitrogen and oxygen atoms in total. The van der Waals surface area contributed by atoms with Gasteiger partial charge in [0.15, 0.2) is 11.6 Å². The Bertz CT molecular complexity index is 2910. The molecule has 2 aromatic heterocycles. The number of piperidine rings is 1. The molecule has 10 rings (SSSR count). The third-order valence-electron chi connectivity index (χ3n) is 16.3. The first-order valence-corrected chi connectivity index (χ1v) is 27.0. The standard InChI is InChI=1S/C58H70F2N10O6/c1-33(2)50(65-57(73)75-5)55(71)68-24-10-14-48(68)53-61-42-18-16-37(29-44(42)63-53)46-20-21-47(70(46)39-31-40(59)52(41(60)32-39)67-26-22-36(23-27-67)28-35-12-8-7-9-13-35)38-17-19-43-45(30-38)64-54(62-43)49-15-11-25-69(49)56(72)51(34(3)4)66-58(74)76-6/h7-9,12-13,16-19,29-34,36,46-51H,10-11,14-15,20-28H2,1-6H3,(H,61,63)(H,62,64)(H,65,73)(H,66,74)/t46-,47-,48+,49+,50+,51+/m1/s1. The Kier molecular flexibility index (Phi) is 15.2. The number of imidazole rings is 2. The van der Waals surface area contributed by atoms with Gasteiger partial charge in [0.1, 0.15) is 29.4 Å². The predicted octanol–water partition coefficient (Wildman–Crippen LogP) is 10.3. The van der Waals surface area contributed by atoms with Crippen LogP contribution in [-0.4, -0.2) is 106 Å². The quantitative estimate of drug-likeness (QED) is 0.0820. The highest BCUT2D eigenvalue weighted by Gasteiger charge is 2.41. The number of anilines is 2. The van der Waals surface area contributed by atoms with Gasteiger partial charge in [0.25, 0.3) is 0 Å². The highest BCUT2D eigenvalue weighted by molar-refractivity contribution is 5.88. The fraction of sp³-hybridized carbons (Fsp3) is 0.483. The molecule has 402 valence electrons. The third-order valence-corrected chi connectivity index (χ3v) is 16.3. The maximum Gasteiger partial charge on any atom is 0.407 e. The van der Waals surface area contributed by atoms with Gasteiger partial charge in [-0.15, -0.1) is 0 Å². The highest BCUT2D eigenvalue weighted by atomic mass is 19.1. The van der Waals surface area contributed by atoms with Crippen LogP contribution >= 0.6 is 0 Å². The van der Waals surface area contributed by atoms with Crippen LogP contribution in [0.3, 0.4) is 0 Å². The number of benzene rings is 4. The van der Waals surface area contributed by atoms with Crippen LogP contribution in [0, 0.1) is 29.4 Å². The van der Waals surface area contributed by atoms with Crippen molar-refractivity contribution in [2.75, 3.05) is 50.2 Å². The smallest absolute Gasteiger partial charge is 0.407 e. The Morgan fingerprint density at radius 3 is 1.54 bits per heavy atom. The van der Waals surface area contributed by atoms with E-state index in [1.54, 1.807) is 9.80 Å². The number of carbonyl (C=O) groups excluding carboxylic acids is 4. The van der Waals surface area contributed by atoms with Gasteiger partial charge in [0.05, 0.1) is 60.5 Å². The molecule has 4 N–H and O–H groups in total. The lowest BCUT2D eigenvalue weighted by molar-refractivity contribution is -0.136. The van der Waals surface area contributed by atoms with E-state index in [1.165, 1.54) is 31.9 Å². The summed E-state index contributed by atoms with van der Waals surface area (Å²) in [5, 5.41) is 5.44. The van der Waals surface area contributed by atoms with Gasteiger partial charge < -0.3 is 49.7 Å². The van der Waals surface area contributed by atoms with Gasteiger partial charge in [-0.2, -0.15) is 0 Å². The predicted molar refractivity (Wildman–Crippen MR) is 287 cm³/mol. The fourth-order valence-corrected chi connectivity index (χ4v) is 12.3. The summed E-state index contributed by atoms with van der Waals surface area (Å²) in [6.45, 7) is 9.70. The molecular formula is C58H70F2N10O6. The molecule has 6 heterocycles. The molecule has 4 aromatic carbocycles. The van der Waals surface area contributed by atoms with E-state index in [0.29, 0.717) is 75.1 Å². The minimum absolute atomic E-state index is 0.00693. The number of nitrogens with zero attached hydrogens (tertiary/aromatic N) is 6. The summed E-state index contributed by atoms with van der Waals surface area (Å²) in [5.74, 6) is -0.204. The number of rotatable bonds is 14. The summed E-state index contributed by atoms with van der Waals surface area (Å²) >= 11 is 0. The number of nitrogens with one attached hydrogen (secondary N) is 4. The van der Waals surface area contributed by atoms with Gasteiger partial charge in [-0.25, -0.2) is 28.3 Å². The number of hydrogen-bond acceptors (Lipinski definition) is 10. The molecule has 4 aliphatic heterocycles. The van der Waals surface area contributed by atoms with Crippen molar-refractivity contribution < 1.29 is 37.4 Å². The second-order valence-electron chi connectivity index (χ2n) is 21.8. The van der Waals surface area contributed by atoms with Crippen molar-refractivity contribution in [3.8, 4) is 0 Å².